The summed E-state index contributed by atoms with van der Waals surface area (Å²) >= 11 is 0. The predicted molar refractivity (Wildman–Crippen MR) is 59.5 cm³/mol. The largest absolute Gasteiger partial charge is 0.294 e. The van der Waals surface area contributed by atoms with Crippen LogP contribution in [-0.2, 0) is 10.0 Å². The van der Waals surface area contributed by atoms with Crippen molar-refractivity contribution in [1.82, 2.24) is 0 Å². The van der Waals surface area contributed by atoms with E-state index in [-0.39, 0.29) is 5.78 Å². The van der Waals surface area contributed by atoms with Gasteiger partial charge in [0, 0.05) is 17.7 Å². The van der Waals surface area contributed by atoms with Crippen LogP contribution in [0.2, 0.25) is 0 Å². The van der Waals surface area contributed by atoms with Crippen LogP contribution >= 0.6 is 0 Å². The predicted octanol–water partition coefficient (Wildman–Crippen LogP) is 1.65. The number of rotatable bonds is 4. The summed E-state index contributed by atoms with van der Waals surface area (Å²) in [5, 5.41) is 0. The molecule has 0 heterocycles. The Morgan fingerprint density at radius 2 is 2.07 bits per heavy atom. The van der Waals surface area contributed by atoms with Crippen molar-refractivity contribution in [3.63, 3.8) is 0 Å². The van der Waals surface area contributed by atoms with Crippen LogP contribution in [0.15, 0.2) is 24.3 Å². The number of sulfonamides is 1. The molecule has 1 rings (SSSR count). The van der Waals surface area contributed by atoms with Crippen molar-refractivity contribution in [2.75, 3.05) is 11.0 Å². The van der Waals surface area contributed by atoms with Gasteiger partial charge in [0.2, 0.25) is 10.0 Å². The van der Waals surface area contributed by atoms with Crippen molar-refractivity contribution in [3.8, 4) is 0 Å². The smallest absolute Gasteiger partial charge is 0.229 e. The first-order chi connectivity index (χ1) is 6.92. The first-order valence-corrected chi connectivity index (χ1v) is 6.42. The molecule has 0 atom stereocenters. The van der Waals surface area contributed by atoms with Gasteiger partial charge in [0.05, 0.1) is 6.26 Å². The molecule has 0 saturated carbocycles. The Kier molecular flexibility index (Phi) is 3.47. The highest BCUT2D eigenvalue weighted by Gasteiger charge is 2.06. The molecule has 0 aromatic heterocycles. The van der Waals surface area contributed by atoms with E-state index >= 15 is 0 Å². The molecule has 82 valence electrons. The molecule has 1 aromatic rings. The monoisotopic (exact) mass is 227 g/mol. The lowest BCUT2D eigenvalue weighted by Crippen LogP contribution is -2.10. The van der Waals surface area contributed by atoms with Crippen molar-refractivity contribution in [1.29, 1.82) is 0 Å². The minimum Gasteiger partial charge on any atom is -0.294 e. The molecule has 0 aliphatic carbocycles. The van der Waals surface area contributed by atoms with Crippen LogP contribution < -0.4 is 4.72 Å². The summed E-state index contributed by atoms with van der Waals surface area (Å²) in [5.41, 5.74) is 0.933. The van der Waals surface area contributed by atoms with Crippen molar-refractivity contribution in [2.45, 2.75) is 13.3 Å². The van der Waals surface area contributed by atoms with E-state index < -0.39 is 10.0 Å². The summed E-state index contributed by atoms with van der Waals surface area (Å²) in [5.74, 6) is -0.00727. The van der Waals surface area contributed by atoms with Crippen molar-refractivity contribution < 1.29 is 13.2 Å². The number of hydrogen-bond donors (Lipinski definition) is 1. The Morgan fingerprint density at radius 1 is 1.40 bits per heavy atom. The maximum atomic E-state index is 11.4. The van der Waals surface area contributed by atoms with Crippen LogP contribution in [0, 0.1) is 0 Å². The lowest BCUT2D eigenvalue weighted by atomic mass is 10.1. The van der Waals surface area contributed by atoms with E-state index in [1.54, 1.807) is 25.1 Å². The third-order valence-electron chi connectivity index (χ3n) is 1.81. The summed E-state index contributed by atoms with van der Waals surface area (Å²) in [7, 11) is -3.29. The van der Waals surface area contributed by atoms with Crippen LogP contribution in [-0.4, -0.2) is 20.5 Å². The van der Waals surface area contributed by atoms with Gasteiger partial charge in [-0.25, -0.2) is 8.42 Å². The second-order valence-electron chi connectivity index (χ2n) is 3.23. The topological polar surface area (TPSA) is 63.2 Å². The van der Waals surface area contributed by atoms with Gasteiger partial charge in [0.1, 0.15) is 0 Å². The molecule has 0 spiro atoms. The molecule has 0 aliphatic rings. The van der Waals surface area contributed by atoms with E-state index in [4.69, 9.17) is 0 Å². The van der Waals surface area contributed by atoms with Gasteiger partial charge in [-0.15, -0.1) is 0 Å². The van der Waals surface area contributed by atoms with Gasteiger partial charge in [0.25, 0.3) is 0 Å². The normalized spacial score (nSPS) is 11.1. The maximum Gasteiger partial charge on any atom is 0.229 e. The highest BCUT2D eigenvalue weighted by Crippen LogP contribution is 2.13. The van der Waals surface area contributed by atoms with Gasteiger partial charge in [-0.2, -0.15) is 0 Å². The minimum atomic E-state index is -3.29. The van der Waals surface area contributed by atoms with Gasteiger partial charge < -0.3 is 0 Å². The van der Waals surface area contributed by atoms with Crippen LogP contribution in [0.3, 0.4) is 0 Å². The summed E-state index contributed by atoms with van der Waals surface area (Å²) < 4.78 is 24.2. The first-order valence-electron chi connectivity index (χ1n) is 4.53. The third kappa shape index (κ3) is 3.71. The molecule has 0 fully saturated rings. The highest BCUT2D eigenvalue weighted by atomic mass is 32.2. The fourth-order valence-electron chi connectivity index (χ4n) is 1.17. The molecule has 0 aliphatic heterocycles. The molecule has 0 bridgehead atoms. The van der Waals surface area contributed by atoms with Crippen molar-refractivity contribution in [3.05, 3.63) is 29.8 Å². The van der Waals surface area contributed by atoms with E-state index in [1.165, 1.54) is 6.07 Å². The van der Waals surface area contributed by atoms with Crippen LogP contribution in [0.4, 0.5) is 5.69 Å². The van der Waals surface area contributed by atoms with Crippen molar-refractivity contribution >= 4 is 21.5 Å². The Bertz CT molecular complexity index is 465. The SMILES string of the molecule is CCC(=O)c1cccc(NS(C)(=O)=O)c1. The fraction of sp³-hybridized carbons (Fsp3) is 0.300. The van der Waals surface area contributed by atoms with E-state index in [2.05, 4.69) is 4.72 Å². The number of nitrogens with one attached hydrogen (secondary N) is 1. The molecule has 0 amide bonds. The van der Waals surface area contributed by atoms with E-state index in [0.717, 1.165) is 6.26 Å². The number of anilines is 1. The summed E-state index contributed by atoms with van der Waals surface area (Å²) in [6, 6.07) is 6.45. The number of hydrogen-bond acceptors (Lipinski definition) is 3. The third-order valence-corrected chi connectivity index (χ3v) is 2.42. The average Bonchev–Trinajstić information content (AvgIpc) is 2.14. The van der Waals surface area contributed by atoms with Crippen LogP contribution in [0.1, 0.15) is 23.7 Å². The van der Waals surface area contributed by atoms with Crippen LogP contribution in [0.5, 0.6) is 0 Å². The van der Waals surface area contributed by atoms with Gasteiger partial charge in [-0.3, -0.25) is 9.52 Å². The highest BCUT2D eigenvalue weighted by molar-refractivity contribution is 7.92. The van der Waals surface area contributed by atoms with E-state index in [0.29, 0.717) is 17.7 Å². The summed E-state index contributed by atoms with van der Waals surface area (Å²) in [6.45, 7) is 1.76. The van der Waals surface area contributed by atoms with Gasteiger partial charge >= 0.3 is 0 Å². The van der Waals surface area contributed by atoms with Gasteiger partial charge in [-0.1, -0.05) is 19.1 Å². The molecular weight excluding hydrogens is 214 g/mol. The standard InChI is InChI=1S/C10H13NO3S/c1-3-10(12)8-5-4-6-9(7-8)11-15(2,13)14/h4-7,11H,3H2,1-2H3. The Hall–Kier alpha value is -1.36. The molecule has 15 heavy (non-hydrogen) atoms. The van der Waals surface area contributed by atoms with E-state index in [9.17, 15) is 13.2 Å². The van der Waals surface area contributed by atoms with Gasteiger partial charge in [-0.05, 0) is 12.1 Å². The number of carbonyl (C=O) groups is 1. The summed E-state index contributed by atoms with van der Waals surface area (Å²) in [4.78, 5) is 11.4. The van der Waals surface area contributed by atoms with Crippen molar-refractivity contribution in [2.24, 2.45) is 0 Å². The average molecular weight is 227 g/mol. The lowest BCUT2D eigenvalue weighted by Gasteiger charge is -2.05. The Balaban J connectivity index is 2.98. The molecule has 0 unspecified atom stereocenters. The maximum absolute atomic E-state index is 11.4. The molecular formula is C10H13NO3S. The Morgan fingerprint density at radius 3 is 2.60 bits per heavy atom. The number of benzene rings is 1. The summed E-state index contributed by atoms with van der Waals surface area (Å²) in [6.07, 6.45) is 1.48. The molecule has 0 radical (unpaired) electrons. The quantitative estimate of drug-likeness (QED) is 0.795. The second-order valence-corrected chi connectivity index (χ2v) is 4.98. The zero-order chi connectivity index (χ0) is 11.5. The fourth-order valence-corrected chi connectivity index (χ4v) is 1.73. The zero-order valence-corrected chi connectivity index (χ0v) is 9.47. The molecule has 4 nitrogen and oxygen atoms in total. The molecule has 1 N–H and O–H groups in total. The molecule has 5 heteroatoms. The number of carbonyl (C=O) groups excluding carboxylic acids is 1. The van der Waals surface area contributed by atoms with E-state index in [1.807, 2.05) is 0 Å². The minimum absolute atomic E-state index is 0.00727. The number of ketones is 1. The zero-order valence-electron chi connectivity index (χ0n) is 8.65. The second kappa shape index (κ2) is 4.44. The molecule has 0 saturated heterocycles. The molecule has 1 aromatic carbocycles. The lowest BCUT2D eigenvalue weighted by molar-refractivity contribution is 0.0988. The van der Waals surface area contributed by atoms with Crippen LogP contribution in [0.25, 0.3) is 0 Å². The first kappa shape index (κ1) is 11.7. The number of Topliss-reactive ketones (excluding diaryl/α,β-unsaturated/α-hetero) is 1. The van der Waals surface area contributed by atoms with Gasteiger partial charge in [0.15, 0.2) is 5.78 Å². The Labute approximate surface area is 89.4 Å².